The van der Waals surface area contributed by atoms with Crippen molar-refractivity contribution in [3.8, 4) is 0 Å². The molecule has 51 valence electrons. The zero-order valence-electron chi connectivity index (χ0n) is 5.82. The average Bonchev–Trinajstić information content (AvgIpc) is 1.88. The highest BCUT2D eigenvalue weighted by Gasteiger charge is 1.98. The van der Waals surface area contributed by atoms with E-state index in [1.165, 1.54) is 5.56 Å². The maximum atomic E-state index is 5.90. The molecule has 0 saturated carbocycles. The first-order valence-corrected chi connectivity index (χ1v) is 4.12. The molecule has 0 N–H and O–H groups in total. The fourth-order valence-corrected chi connectivity index (χ4v) is 1.71. The first kappa shape index (κ1) is 7.83. The quantitative estimate of drug-likeness (QED) is 0.559. The highest BCUT2D eigenvalue weighted by atomic mass is 35.5. The number of halogens is 1. The fourth-order valence-electron chi connectivity index (χ4n) is 0.918. The third-order valence-corrected chi connectivity index (χ3v) is 2.29. The van der Waals surface area contributed by atoms with Gasteiger partial charge in [0.2, 0.25) is 0 Å². The molecule has 0 fully saturated rings. The van der Waals surface area contributed by atoms with Gasteiger partial charge in [0, 0.05) is 5.02 Å². The van der Waals surface area contributed by atoms with E-state index < -0.39 is 0 Å². The van der Waals surface area contributed by atoms with Crippen molar-refractivity contribution in [1.82, 2.24) is 0 Å². The van der Waals surface area contributed by atoms with Crippen molar-refractivity contribution >= 4 is 27.0 Å². The maximum absolute atomic E-state index is 5.90. The van der Waals surface area contributed by atoms with Gasteiger partial charge in [0.15, 0.2) is 0 Å². The molecule has 0 saturated heterocycles. The molecule has 1 aromatic rings. The Bertz CT molecular complexity index is 212. The lowest BCUT2D eigenvalue weighted by atomic mass is 10.2. The van der Waals surface area contributed by atoms with E-state index in [1.54, 1.807) is 0 Å². The van der Waals surface area contributed by atoms with E-state index in [2.05, 4.69) is 17.2 Å². The standard InChI is InChI=1S/C8H8ClSi/c1-2-6-7(9)4-3-5-8(6)10/h3-5H,2H2,1H3. The van der Waals surface area contributed by atoms with Gasteiger partial charge in [0.25, 0.3) is 0 Å². The second-order valence-electron chi connectivity index (χ2n) is 2.12. The van der Waals surface area contributed by atoms with Crippen molar-refractivity contribution in [2.24, 2.45) is 0 Å². The highest BCUT2D eigenvalue weighted by Crippen LogP contribution is 2.12. The van der Waals surface area contributed by atoms with Crippen LogP contribution in [-0.2, 0) is 6.42 Å². The Balaban J connectivity index is 3.17. The zero-order chi connectivity index (χ0) is 7.56. The van der Waals surface area contributed by atoms with Crippen molar-refractivity contribution in [2.45, 2.75) is 13.3 Å². The van der Waals surface area contributed by atoms with Gasteiger partial charge in [0.05, 0.1) is 10.2 Å². The lowest BCUT2D eigenvalue weighted by Gasteiger charge is -2.03. The molecule has 0 heterocycles. The van der Waals surface area contributed by atoms with Crippen molar-refractivity contribution in [3.05, 3.63) is 28.8 Å². The van der Waals surface area contributed by atoms with E-state index in [0.29, 0.717) is 0 Å². The Morgan fingerprint density at radius 1 is 1.50 bits per heavy atom. The van der Waals surface area contributed by atoms with E-state index in [4.69, 9.17) is 11.6 Å². The van der Waals surface area contributed by atoms with Crippen molar-refractivity contribution in [1.29, 1.82) is 0 Å². The average molecular weight is 168 g/mol. The predicted octanol–water partition coefficient (Wildman–Crippen LogP) is 1.70. The zero-order valence-corrected chi connectivity index (χ0v) is 7.57. The fraction of sp³-hybridized carbons (Fsp3) is 0.250. The second kappa shape index (κ2) is 3.22. The molecule has 0 bridgehead atoms. The lowest BCUT2D eigenvalue weighted by Crippen LogP contribution is -2.08. The first-order chi connectivity index (χ1) is 4.75. The summed E-state index contributed by atoms with van der Waals surface area (Å²) in [6.07, 6.45) is 0.971. The van der Waals surface area contributed by atoms with Crippen LogP contribution in [0, 0.1) is 0 Å². The number of hydrogen-bond acceptors (Lipinski definition) is 0. The Kier molecular flexibility index (Phi) is 2.52. The van der Waals surface area contributed by atoms with Crippen LogP contribution in [-0.4, -0.2) is 10.2 Å². The summed E-state index contributed by atoms with van der Waals surface area (Å²) in [6.45, 7) is 2.09. The van der Waals surface area contributed by atoms with Crippen molar-refractivity contribution < 1.29 is 0 Å². The van der Waals surface area contributed by atoms with Crippen molar-refractivity contribution in [2.75, 3.05) is 0 Å². The number of benzene rings is 1. The topological polar surface area (TPSA) is 0 Å². The summed E-state index contributed by atoms with van der Waals surface area (Å²) >= 11 is 5.90. The van der Waals surface area contributed by atoms with Gasteiger partial charge >= 0.3 is 0 Å². The number of hydrogen-bond donors (Lipinski definition) is 0. The van der Waals surface area contributed by atoms with Crippen LogP contribution in [0.2, 0.25) is 5.02 Å². The minimum atomic E-state index is 0.843. The van der Waals surface area contributed by atoms with E-state index >= 15 is 0 Å². The van der Waals surface area contributed by atoms with Crippen LogP contribution in [0.25, 0.3) is 0 Å². The molecule has 1 aromatic carbocycles. The maximum Gasteiger partial charge on any atom is 0.0716 e. The lowest BCUT2D eigenvalue weighted by molar-refractivity contribution is 1.15. The van der Waals surface area contributed by atoms with Gasteiger partial charge in [-0.25, -0.2) is 0 Å². The van der Waals surface area contributed by atoms with Gasteiger partial charge in [-0.05, 0) is 18.1 Å². The molecule has 0 aliphatic rings. The van der Waals surface area contributed by atoms with Crippen LogP contribution < -0.4 is 5.19 Å². The van der Waals surface area contributed by atoms with Crippen LogP contribution in [0.5, 0.6) is 0 Å². The van der Waals surface area contributed by atoms with Crippen LogP contribution in [0.3, 0.4) is 0 Å². The third kappa shape index (κ3) is 1.41. The van der Waals surface area contributed by atoms with Crippen molar-refractivity contribution in [3.63, 3.8) is 0 Å². The van der Waals surface area contributed by atoms with Gasteiger partial charge in [-0.2, -0.15) is 0 Å². The van der Waals surface area contributed by atoms with Gasteiger partial charge in [0.1, 0.15) is 0 Å². The highest BCUT2D eigenvalue weighted by molar-refractivity contribution is 6.37. The third-order valence-electron chi connectivity index (χ3n) is 1.47. The summed E-state index contributed by atoms with van der Waals surface area (Å²) in [7, 11) is 3.47. The molecule has 0 aliphatic carbocycles. The van der Waals surface area contributed by atoms with Crippen LogP contribution in [0.1, 0.15) is 12.5 Å². The summed E-state index contributed by atoms with van der Waals surface area (Å²) in [4.78, 5) is 0. The minimum absolute atomic E-state index is 0.843. The van der Waals surface area contributed by atoms with E-state index in [0.717, 1.165) is 16.6 Å². The summed E-state index contributed by atoms with van der Waals surface area (Å²) in [5, 5.41) is 1.94. The molecule has 0 aromatic heterocycles. The molecule has 3 radical (unpaired) electrons. The van der Waals surface area contributed by atoms with E-state index in [1.807, 2.05) is 18.2 Å². The molecule has 0 nitrogen and oxygen atoms in total. The molecule has 0 atom stereocenters. The van der Waals surface area contributed by atoms with Crippen LogP contribution in [0.15, 0.2) is 18.2 Å². The molecule has 0 aliphatic heterocycles. The van der Waals surface area contributed by atoms with E-state index in [9.17, 15) is 0 Å². The normalized spacial score (nSPS) is 9.90. The van der Waals surface area contributed by atoms with Gasteiger partial charge in [-0.1, -0.05) is 35.8 Å². The van der Waals surface area contributed by atoms with Gasteiger partial charge in [-0.3, -0.25) is 0 Å². The molecule has 0 unspecified atom stereocenters. The Morgan fingerprint density at radius 2 is 2.20 bits per heavy atom. The molecule has 0 amide bonds. The Labute approximate surface area is 69.6 Å². The first-order valence-electron chi connectivity index (χ1n) is 3.24. The Morgan fingerprint density at radius 3 is 2.60 bits per heavy atom. The molecule has 1 rings (SSSR count). The van der Waals surface area contributed by atoms with Gasteiger partial charge < -0.3 is 0 Å². The van der Waals surface area contributed by atoms with E-state index in [-0.39, 0.29) is 0 Å². The molecule has 10 heavy (non-hydrogen) atoms. The minimum Gasteiger partial charge on any atom is -0.0840 e. The summed E-state index contributed by atoms with van der Waals surface area (Å²) in [5.41, 5.74) is 1.18. The summed E-state index contributed by atoms with van der Waals surface area (Å²) < 4.78 is 0. The Hall–Kier alpha value is -0.273. The van der Waals surface area contributed by atoms with Crippen LogP contribution in [0.4, 0.5) is 0 Å². The molecular weight excluding hydrogens is 160 g/mol. The monoisotopic (exact) mass is 167 g/mol. The van der Waals surface area contributed by atoms with Gasteiger partial charge in [-0.15, -0.1) is 0 Å². The predicted molar refractivity (Wildman–Crippen MR) is 46.2 cm³/mol. The molecule has 0 spiro atoms. The number of rotatable bonds is 1. The molecule has 2 heteroatoms. The SMILES string of the molecule is CCc1c([Si])cccc1Cl. The summed E-state index contributed by atoms with van der Waals surface area (Å²) in [5.74, 6) is 0. The molecular formula is C8H8ClSi. The smallest absolute Gasteiger partial charge is 0.0716 e. The summed E-state index contributed by atoms with van der Waals surface area (Å²) in [6, 6.07) is 5.84. The van der Waals surface area contributed by atoms with Crippen LogP contribution >= 0.6 is 11.6 Å². The second-order valence-corrected chi connectivity index (χ2v) is 3.07. The largest absolute Gasteiger partial charge is 0.0840 e.